The van der Waals surface area contributed by atoms with Crippen molar-refractivity contribution < 1.29 is 19.2 Å². The van der Waals surface area contributed by atoms with Crippen LogP contribution >= 0.6 is 0 Å². The smallest absolute Gasteiger partial charge is 0.328 e. The van der Waals surface area contributed by atoms with Gasteiger partial charge in [-0.2, -0.15) is 0 Å². The molecule has 1 aromatic rings. The minimum Gasteiger partial charge on any atom is -0.478 e. The molecule has 1 aromatic heterocycles. The molecule has 1 rings (SSSR count). The Morgan fingerprint density at radius 1 is 1.36 bits per heavy atom. The van der Waals surface area contributed by atoms with E-state index >= 15 is 0 Å². The minimum absolute atomic E-state index is 0.322. The van der Waals surface area contributed by atoms with Crippen molar-refractivity contribution >= 4 is 11.8 Å². The largest absolute Gasteiger partial charge is 0.478 e. The van der Waals surface area contributed by atoms with Crippen LogP contribution in [0.1, 0.15) is 21.8 Å². The lowest BCUT2D eigenvalue weighted by molar-refractivity contribution is -0.131. The predicted molar refractivity (Wildman–Crippen MR) is 47.1 cm³/mol. The van der Waals surface area contributed by atoms with Crippen LogP contribution < -0.4 is 0 Å². The van der Waals surface area contributed by atoms with Crippen molar-refractivity contribution in [2.45, 2.75) is 13.8 Å². The van der Waals surface area contributed by atoms with Crippen molar-refractivity contribution in [3.8, 4) is 0 Å². The zero-order valence-electron chi connectivity index (χ0n) is 7.77. The molecule has 1 N–H and O–H groups in total. The normalized spacial score (nSPS) is 10.7. The van der Waals surface area contributed by atoms with Gasteiger partial charge in [0, 0.05) is 6.08 Å². The highest BCUT2D eigenvalue weighted by atomic mass is 16.5. The molecule has 0 fully saturated rings. The van der Waals surface area contributed by atoms with E-state index in [1.54, 1.807) is 13.8 Å². The van der Waals surface area contributed by atoms with E-state index in [0.29, 0.717) is 17.0 Å². The summed E-state index contributed by atoms with van der Waals surface area (Å²) in [6.45, 7) is 3.22. The number of allylic oxidation sites excluding steroid dienone is 1. The fourth-order valence-electron chi connectivity index (χ4n) is 1.07. The summed E-state index contributed by atoms with van der Waals surface area (Å²) in [5, 5.41) is 11.9. The molecule has 0 radical (unpaired) electrons. The van der Waals surface area contributed by atoms with E-state index in [1.807, 2.05) is 0 Å². The molecule has 0 bridgehead atoms. The Balaban J connectivity index is 2.95. The van der Waals surface area contributed by atoms with Crippen LogP contribution in [0.4, 0.5) is 0 Å². The number of aromatic nitrogens is 1. The van der Waals surface area contributed by atoms with E-state index in [0.717, 1.165) is 12.2 Å². The standard InChI is InChI=1S/C9H9NO4/c1-5-9(6(2)14-10-5)7(11)3-4-8(12)13/h3-4H,1-2H3,(H,12,13). The number of carboxylic acid groups (broad SMARTS) is 1. The summed E-state index contributed by atoms with van der Waals surface area (Å²) in [5.74, 6) is -1.18. The molecule has 1 heterocycles. The van der Waals surface area contributed by atoms with Gasteiger partial charge in [-0.1, -0.05) is 5.16 Å². The molecule has 0 saturated heterocycles. The zero-order valence-corrected chi connectivity index (χ0v) is 7.77. The maximum atomic E-state index is 11.4. The van der Waals surface area contributed by atoms with Gasteiger partial charge in [0.1, 0.15) is 5.76 Å². The summed E-state index contributed by atoms with van der Waals surface area (Å²) in [7, 11) is 0. The van der Waals surface area contributed by atoms with E-state index in [-0.39, 0.29) is 0 Å². The van der Waals surface area contributed by atoms with Crippen molar-refractivity contribution in [1.82, 2.24) is 5.16 Å². The molecule has 5 heteroatoms. The second-order valence-electron chi connectivity index (χ2n) is 2.73. The first kappa shape index (κ1) is 10.2. The van der Waals surface area contributed by atoms with Crippen LogP contribution in [-0.2, 0) is 4.79 Å². The molecule has 74 valence electrons. The van der Waals surface area contributed by atoms with Crippen LogP contribution in [0.5, 0.6) is 0 Å². The molecule has 0 saturated carbocycles. The lowest BCUT2D eigenvalue weighted by Crippen LogP contribution is -1.99. The van der Waals surface area contributed by atoms with Crippen molar-refractivity contribution in [1.29, 1.82) is 0 Å². The number of ketones is 1. The average Bonchev–Trinajstić information content (AvgIpc) is 2.42. The van der Waals surface area contributed by atoms with Gasteiger partial charge in [-0.25, -0.2) is 4.79 Å². The molecule has 0 aliphatic heterocycles. The minimum atomic E-state index is -1.16. The van der Waals surface area contributed by atoms with Gasteiger partial charge < -0.3 is 9.63 Å². The van der Waals surface area contributed by atoms with Gasteiger partial charge in [0.25, 0.3) is 0 Å². The average molecular weight is 195 g/mol. The molecule has 0 atom stereocenters. The third-order valence-corrected chi connectivity index (χ3v) is 1.66. The molecule has 0 amide bonds. The van der Waals surface area contributed by atoms with Gasteiger partial charge in [-0.05, 0) is 19.9 Å². The highest BCUT2D eigenvalue weighted by Gasteiger charge is 2.14. The van der Waals surface area contributed by atoms with Gasteiger partial charge in [0.15, 0.2) is 5.78 Å². The van der Waals surface area contributed by atoms with Crippen LogP contribution in [0.15, 0.2) is 16.7 Å². The Hall–Kier alpha value is -1.91. The molecular weight excluding hydrogens is 186 g/mol. The zero-order chi connectivity index (χ0) is 10.7. The fourth-order valence-corrected chi connectivity index (χ4v) is 1.07. The van der Waals surface area contributed by atoms with E-state index in [1.165, 1.54) is 0 Å². The van der Waals surface area contributed by atoms with Crippen molar-refractivity contribution in [2.75, 3.05) is 0 Å². The number of aryl methyl sites for hydroxylation is 2. The van der Waals surface area contributed by atoms with Crippen LogP contribution in [0.25, 0.3) is 0 Å². The maximum absolute atomic E-state index is 11.4. The predicted octanol–water partition coefficient (Wildman–Crippen LogP) is 1.11. The molecule has 0 aliphatic carbocycles. The molecule has 14 heavy (non-hydrogen) atoms. The molecule has 0 aromatic carbocycles. The van der Waals surface area contributed by atoms with Crippen molar-refractivity contribution in [3.05, 3.63) is 29.2 Å². The van der Waals surface area contributed by atoms with Crippen molar-refractivity contribution in [3.63, 3.8) is 0 Å². The Kier molecular flexibility index (Phi) is 2.81. The van der Waals surface area contributed by atoms with E-state index in [4.69, 9.17) is 9.63 Å². The summed E-state index contributed by atoms with van der Waals surface area (Å²) in [6, 6.07) is 0. The van der Waals surface area contributed by atoms with Crippen LogP contribution in [0.3, 0.4) is 0 Å². The first-order valence-electron chi connectivity index (χ1n) is 3.90. The first-order chi connectivity index (χ1) is 6.52. The Morgan fingerprint density at radius 2 is 2.00 bits per heavy atom. The second-order valence-corrected chi connectivity index (χ2v) is 2.73. The summed E-state index contributed by atoms with van der Waals surface area (Å²) in [5.41, 5.74) is 0.782. The number of nitrogens with zero attached hydrogens (tertiary/aromatic N) is 1. The van der Waals surface area contributed by atoms with Gasteiger partial charge in [-0.3, -0.25) is 4.79 Å². The summed E-state index contributed by atoms with van der Waals surface area (Å²) in [4.78, 5) is 21.6. The molecule has 5 nitrogen and oxygen atoms in total. The third-order valence-electron chi connectivity index (χ3n) is 1.66. The highest BCUT2D eigenvalue weighted by Crippen LogP contribution is 2.13. The number of carbonyl (C=O) groups excluding carboxylic acids is 1. The van der Waals surface area contributed by atoms with Gasteiger partial charge in [0.05, 0.1) is 11.3 Å². The lowest BCUT2D eigenvalue weighted by Gasteiger charge is -1.91. The maximum Gasteiger partial charge on any atom is 0.328 e. The van der Waals surface area contributed by atoms with Gasteiger partial charge in [0.2, 0.25) is 0 Å². The molecule has 0 aliphatic rings. The quantitative estimate of drug-likeness (QED) is 0.577. The van der Waals surface area contributed by atoms with Gasteiger partial charge in [-0.15, -0.1) is 0 Å². The summed E-state index contributed by atoms with van der Waals surface area (Å²) in [6.07, 6.45) is 1.77. The van der Waals surface area contributed by atoms with Gasteiger partial charge >= 0.3 is 5.97 Å². The van der Waals surface area contributed by atoms with E-state index in [9.17, 15) is 9.59 Å². The number of rotatable bonds is 3. The number of hydrogen-bond donors (Lipinski definition) is 1. The van der Waals surface area contributed by atoms with Crippen molar-refractivity contribution in [2.24, 2.45) is 0 Å². The number of aliphatic carboxylic acids is 1. The highest BCUT2D eigenvalue weighted by molar-refractivity contribution is 6.08. The monoisotopic (exact) mass is 195 g/mol. The van der Waals surface area contributed by atoms with E-state index < -0.39 is 11.8 Å². The molecule has 0 unspecified atom stereocenters. The third kappa shape index (κ3) is 2.07. The Morgan fingerprint density at radius 3 is 2.43 bits per heavy atom. The summed E-state index contributed by atoms with van der Waals surface area (Å²) >= 11 is 0. The fraction of sp³-hybridized carbons (Fsp3) is 0.222. The first-order valence-corrected chi connectivity index (χ1v) is 3.90. The number of carboxylic acids is 1. The molecule has 0 spiro atoms. The van der Waals surface area contributed by atoms with Crippen LogP contribution in [0, 0.1) is 13.8 Å². The second kappa shape index (κ2) is 3.87. The van der Waals surface area contributed by atoms with Crippen LogP contribution in [-0.4, -0.2) is 22.0 Å². The lowest BCUT2D eigenvalue weighted by atomic mass is 10.1. The van der Waals surface area contributed by atoms with Crippen LogP contribution in [0.2, 0.25) is 0 Å². The Bertz CT molecular complexity index is 383. The number of hydrogen-bond acceptors (Lipinski definition) is 4. The Labute approximate surface area is 80.0 Å². The van der Waals surface area contributed by atoms with E-state index in [2.05, 4.69) is 5.16 Å². The topological polar surface area (TPSA) is 80.4 Å². The SMILES string of the molecule is Cc1noc(C)c1C(=O)C=CC(=O)O. The summed E-state index contributed by atoms with van der Waals surface area (Å²) < 4.78 is 4.77. The molecular formula is C9H9NO4. The number of carbonyl (C=O) groups is 2.